The zero-order chi connectivity index (χ0) is 21.8. The van der Waals surface area contributed by atoms with Crippen molar-refractivity contribution in [1.82, 2.24) is 10.1 Å². The number of aromatic nitrogens is 2. The van der Waals surface area contributed by atoms with E-state index in [-0.39, 0.29) is 24.2 Å². The number of amides is 1. The van der Waals surface area contributed by atoms with Gasteiger partial charge in [0.25, 0.3) is 0 Å². The molecule has 1 aromatic heterocycles. The molecule has 0 saturated heterocycles. The molecule has 1 radical (unpaired) electrons. The number of primary amides is 1. The van der Waals surface area contributed by atoms with E-state index in [1.165, 1.54) is 6.07 Å². The Hall–Kier alpha value is -4.00. The molecule has 0 bridgehead atoms. The van der Waals surface area contributed by atoms with Crippen LogP contribution in [-0.4, -0.2) is 16.0 Å². The Morgan fingerprint density at radius 2 is 1.74 bits per heavy atom. The van der Waals surface area contributed by atoms with E-state index in [0.29, 0.717) is 17.0 Å². The van der Waals surface area contributed by atoms with Gasteiger partial charge in [-0.2, -0.15) is 4.98 Å². The van der Waals surface area contributed by atoms with Crippen LogP contribution in [0.1, 0.15) is 22.8 Å². The predicted octanol–water partition coefficient (Wildman–Crippen LogP) is 4.22. The first-order valence-electron chi connectivity index (χ1n) is 9.56. The second-order valence-electron chi connectivity index (χ2n) is 6.88. The van der Waals surface area contributed by atoms with Gasteiger partial charge in [-0.1, -0.05) is 65.8 Å². The lowest BCUT2D eigenvalue weighted by atomic mass is 9.95. The van der Waals surface area contributed by atoms with Gasteiger partial charge >= 0.3 is 0 Å². The second kappa shape index (κ2) is 8.79. The van der Waals surface area contributed by atoms with Crippen LogP contribution in [0.15, 0.2) is 77.3 Å². The van der Waals surface area contributed by atoms with Gasteiger partial charge in [-0.15, -0.1) is 0 Å². The number of aryl methyl sites for hydroxylation is 1. The van der Waals surface area contributed by atoms with Crippen molar-refractivity contribution in [2.24, 2.45) is 5.73 Å². The summed E-state index contributed by atoms with van der Waals surface area (Å²) in [6, 6.07) is 21.3. The van der Waals surface area contributed by atoms with Crippen LogP contribution in [0, 0.1) is 18.7 Å². The first kappa shape index (κ1) is 20.3. The lowest BCUT2D eigenvalue weighted by molar-refractivity contribution is -0.115. The smallest absolute Gasteiger partial charge is 0.248 e. The molecule has 7 heteroatoms. The van der Waals surface area contributed by atoms with E-state index < -0.39 is 11.7 Å². The molecule has 0 aliphatic rings. The maximum Gasteiger partial charge on any atom is 0.248 e. The number of halogens is 1. The SMILES string of the molecule is Cc1noc([C](C(N)=O)c2ccc(-c3ccc(OCc4ccccc4)c(F)c3)cc2)n1. The van der Waals surface area contributed by atoms with Crippen LogP contribution < -0.4 is 10.5 Å². The van der Waals surface area contributed by atoms with Gasteiger partial charge in [-0.05, 0) is 41.3 Å². The Kier molecular flexibility index (Phi) is 5.75. The molecule has 3 aromatic carbocycles. The Labute approximate surface area is 178 Å². The van der Waals surface area contributed by atoms with Crippen LogP contribution in [0.25, 0.3) is 11.1 Å². The Morgan fingerprint density at radius 3 is 2.35 bits per heavy atom. The molecule has 0 aliphatic carbocycles. The largest absolute Gasteiger partial charge is 0.486 e. The summed E-state index contributed by atoms with van der Waals surface area (Å²) in [5.74, 6) is -0.368. The summed E-state index contributed by atoms with van der Waals surface area (Å²) in [5, 5.41) is 3.69. The minimum Gasteiger partial charge on any atom is -0.486 e. The van der Waals surface area contributed by atoms with E-state index in [2.05, 4.69) is 10.1 Å². The first-order valence-corrected chi connectivity index (χ1v) is 9.56. The van der Waals surface area contributed by atoms with Crippen molar-refractivity contribution < 1.29 is 18.4 Å². The fourth-order valence-electron chi connectivity index (χ4n) is 3.13. The summed E-state index contributed by atoms with van der Waals surface area (Å²) in [6.07, 6.45) is 0. The molecule has 2 N–H and O–H groups in total. The number of hydrogen-bond acceptors (Lipinski definition) is 5. The van der Waals surface area contributed by atoms with Crippen molar-refractivity contribution in [2.75, 3.05) is 0 Å². The number of ether oxygens (including phenoxy) is 1. The highest BCUT2D eigenvalue weighted by molar-refractivity contribution is 5.96. The summed E-state index contributed by atoms with van der Waals surface area (Å²) in [7, 11) is 0. The monoisotopic (exact) mass is 416 g/mol. The van der Waals surface area contributed by atoms with Crippen LogP contribution in [0.3, 0.4) is 0 Å². The van der Waals surface area contributed by atoms with Gasteiger partial charge in [0.15, 0.2) is 23.3 Å². The molecule has 1 amide bonds. The molecule has 31 heavy (non-hydrogen) atoms. The van der Waals surface area contributed by atoms with Crippen molar-refractivity contribution in [3.05, 3.63) is 107 Å². The fraction of sp³-hybridized carbons (Fsp3) is 0.0833. The number of nitrogens with zero attached hydrogens (tertiary/aromatic N) is 2. The van der Waals surface area contributed by atoms with Gasteiger partial charge in [0.2, 0.25) is 11.8 Å². The Bertz CT molecular complexity index is 1190. The quantitative estimate of drug-likeness (QED) is 0.487. The molecule has 0 atom stereocenters. The fourth-order valence-corrected chi connectivity index (χ4v) is 3.13. The van der Waals surface area contributed by atoms with E-state index in [9.17, 15) is 9.18 Å². The van der Waals surface area contributed by atoms with Crippen molar-refractivity contribution >= 4 is 5.91 Å². The third-order valence-corrected chi connectivity index (χ3v) is 4.66. The second-order valence-corrected chi connectivity index (χ2v) is 6.88. The molecule has 4 rings (SSSR count). The Morgan fingerprint density at radius 1 is 1.03 bits per heavy atom. The van der Waals surface area contributed by atoms with Crippen molar-refractivity contribution in [2.45, 2.75) is 13.5 Å². The van der Waals surface area contributed by atoms with Crippen LogP contribution in [0.4, 0.5) is 4.39 Å². The maximum atomic E-state index is 14.6. The number of nitrogens with two attached hydrogens (primary N) is 1. The van der Waals surface area contributed by atoms with Gasteiger partial charge in [0, 0.05) is 0 Å². The van der Waals surface area contributed by atoms with E-state index in [4.69, 9.17) is 15.0 Å². The summed E-state index contributed by atoms with van der Waals surface area (Å²) < 4.78 is 25.2. The van der Waals surface area contributed by atoms with Gasteiger partial charge in [0.05, 0.1) is 0 Å². The normalized spacial score (nSPS) is 10.9. The van der Waals surface area contributed by atoms with Crippen molar-refractivity contribution in [1.29, 1.82) is 0 Å². The highest BCUT2D eigenvalue weighted by Gasteiger charge is 2.27. The average molecular weight is 416 g/mol. The highest BCUT2D eigenvalue weighted by Crippen LogP contribution is 2.29. The summed E-state index contributed by atoms with van der Waals surface area (Å²) in [5.41, 5.74) is 8.43. The van der Waals surface area contributed by atoms with Crippen LogP contribution in [0.2, 0.25) is 0 Å². The standard InChI is InChI=1S/C24H19FN3O3/c1-15-27-24(31-28-15)22(23(26)29)18-9-7-17(8-10-18)19-11-12-21(20(25)13-19)30-14-16-5-3-2-4-6-16/h2-13H,14H2,1H3,(H2,26,29). The predicted molar refractivity (Wildman–Crippen MR) is 112 cm³/mol. The number of benzene rings is 3. The van der Waals surface area contributed by atoms with Crippen molar-refractivity contribution in [3.8, 4) is 16.9 Å². The topological polar surface area (TPSA) is 91.2 Å². The van der Waals surface area contributed by atoms with Gasteiger partial charge in [0.1, 0.15) is 6.61 Å². The van der Waals surface area contributed by atoms with Crippen LogP contribution in [0.5, 0.6) is 5.75 Å². The molecular weight excluding hydrogens is 397 g/mol. The van der Waals surface area contributed by atoms with Gasteiger partial charge < -0.3 is 15.0 Å². The molecule has 0 aliphatic heterocycles. The van der Waals surface area contributed by atoms with Gasteiger partial charge in [-0.3, -0.25) is 4.79 Å². The molecular formula is C24H19FN3O3. The van der Waals surface area contributed by atoms with E-state index >= 15 is 0 Å². The first-order chi connectivity index (χ1) is 15.0. The van der Waals surface area contributed by atoms with E-state index in [0.717, 1.165) is 11.1 Å². The maximum absolute atomic E-state index is 14.6. The van der Waals surface area contributed by atoms with Gasteiger partial charge in [-0.25, -0.2) is 4.39 Å². The van der Waals surface area contributed by atoms with Crippen LogP contribution in [-0.2, 0) is 11.4 Å². The molecule has 0 unspecified atom stereocenters. The average Bonchev–Trinajstić information content (AvgIpc) is 3.19. The Balaban J connectivity index is 1.52. The molecule has 155 valence electrons. The zero-order valence-electron chi connectivity index (χ0n) is 16.7. The lowest BCUT2D eigenvalue weighted by Gasteiger charge is -2.11. The van der Waals surface area contributed by atoms with E-state index in [1.54, 1.807) is 43.3 Å². The summed E-state index contributed by atoms with van der Waals surface area (Å²) >= 11 is 0. The molecule has 1 heterocycles. The number of carbonyl (C=O) groups excluding carboxylic acids is 1. The minimum absolute atomic E-state index is 0.0590. The molecule has 4 aromatic rings. The number of rotatable bonds is 7. The van der Waals surface area contributed by atoms with E-state index in [1.807, 2.05) is 30.3 Å². The minimum atomic E-state index is -0.678. The molecule has 0 saturated carbocycles. The summed E-state index contributed by atoms with van der Waals surface area (Å²) in [6.45, 7) is 1.93. The molecule has 6 nitrogen and oxygen atoms in total. The van der Waals surface area contributed by atoms with Crippen LogP contribution >= 0.6 is 0 Å². The zero-order valence-corrected chi connectivity index (χ0v) is 16.7. The van der Waals surface area contributed by atoms with Crippen molar-refractivity contribution in [3.63, 3.8) is 0 Å². The number of carbonyl (C=O) groups is 1. The molecule has 0 fully saturated rings. The third kappa shape index (κ3) is 4.61. The molecule has 0 spiro atoms. The highest BCUT2D eigenvalue weighted by atomic mass is 19.1. The number of hydrogen-bond donors (Lipinski definition) is 1. The third-order valence-electron chi connectivity index (χ3n) is 4.66. The summed E-state index contributed by atoms with van der Waals surface area (Å²) in [4.78, 5) is 16.0. The lowest BCUT2D eigenvalue weighted by Crippen LogP contribution is -2.23.